The second-order valence-corrected chi connectivity index (χ2v) is 12.6. The van der Waals surface area contributed by atoms with Crippen LogP contribution in [-0.2, 0) is 30.4 Å². The highest BCUT2D eigenvalue weighted by Gasteiger charge is 2.44. The molecule has 0 spiro atoms. The molecule has 9 nitrogen and oxygen atoms in total. The molecule has 0 saturated heterocycles. The van der Waals surface area contributed by atoms with Crippen molar-refractivity contribution in [3.8, 4) is 0 Å². The molecule has 0 fully saturated rings. The molecule has 1 aliphatic rings. The molecular weight excluding hydrogens is 480 g/mol. The van der Waals surface area contributed by atoms with Crippen LogP contribution in [0.4, 0.5) is 5.69 Å². The zero-order valence-electron chi connectivity index (χ0n) is 19.7. The van der Waals surface area contributed by atoms with Crippen molar-refractivity contribution in [1.29, 1.82) is 0 Å². The van der Waals surface area contributed by atoms with Gasteiger partial charge in [0.25, 0.3) is 0 Å². The average molecular weight is 511 g/mol. The average Bonchev–Trinajstić information content (AvgIpc) is 2.92. The van der Waals surface area contributed by atoms with Crippen LogP contribution in [0.25, 0.3) is 10.8 Å². The van der Waals surface area contributed by atoms with Crippen molar-refractivity contribution in [1.82, 2.24) is 4.31 Å². The monoisotopic (exact) mass is 510 g/mol. The van der Waals surface area contributed by atoms with Gasteiger partial charge >= 0.3 is 5.97 Å². The Balaban J connectivity index is 2.05. The van der Waals surface area contributed by atoms with Crippen molar-refractivity contribution in [2.75, 3.05) is 25.9 Å². The van der Waals surface area contributed by atoms with Crippen LogP contribution in [-0.4, -0.2) is 72.9 Å². The van der Waals surface area contributed by atoms with Crippen LogP contribution < -0.4 is 0 Å². The number of nitrogens with zero attached hydrogens (tertiary/aromatic N) is 2. The Bertz CT molecular complexity index is 1380. The molecule has 0 aliphatic carbocycles. The molecular formula is C23H30N2O7S2. The van der Waals surface area contributed by atoms with E-state index >= 15 is 0 Å². The highest BCUT2D eigenvalue weighted by atomic mass is 32.2. The van der Waals surface area contributed by atoms with Gasteiger partial charge in [-0.15, -0.1) is 0 Å². The fourth-order valence-electron chi connectivity index (χ4n) is 4.55. The molecule has 1 aliphatic heterocycles. The lowest BCUT2D eigenvalue weighted by Crippen LogP contribution is -2.29. The Morgan fingerprint density at radius 3 is 2.38 bits per heavy atom. The number of carboxylic acids is 1. The molecule has 1 heterocycles. The maximum Gasteiger partial charge on any atom is 0.303 e. The minimum Gasteiger partial charge on any atom is -0.748 e. The molecule has 3 rings (SSSR count). The van der Waals surface area contributed by atoms with E-state index in [0.29, 0.717) is 11.9 Å². The third-order valence-corrected chi connectivity index (χ3v) is 9.26. The van der Waals surface area contributed by atoms with Gasteiger partial charge in [-0.05, 0) is 37.8 Å². The van der Waals surface area contributed by atoms with Crippen LogP contribution in [0.5, 0.6) is 0 Å². The predicted molar refractivity (Wildman–Crippen MR) is 128 cm³/mol. The molecule has 34 heavy (non-hydrogen) atoms. The molecule has 0 unspecified atom stereocenters. The summed E-state index contributed by atoms with van der Waals surface area (Å²) in [4.78, 5) is 10.9. The Morgan fingerprint density at radius 2 is 1.76 bits per heavy atom. The van der Waals surface area contributed by atoms with E-state index in [-0.39, 0.29) is 30.7 Å². The number of benzene rings is 2. The van der Waals surface area contributed by atoms with Gasteiger partial charge < -0.3 is 9.66 Å². The van der Waals surface area contributed by atoms with E-state index in [0.717, 1.165) is 22.3 Å². The highest BCUT2D eigenvalue weighted by molar-refractivity contribution is 7.89. The number of hydrogen-bond donors (Lipinski definition) is 1. The summed E-state index contributed by atoms with van der Waals surface area (Å²) in [6, 6.07) is 8.70. The van der Waals surface area contributed by atoms with Gasteiger partial charge in [0.15, 0.2) is 5.71 Å². The standard InChI is InChI=1S/C23H30N2O7S2/c1-16-23(2,3)22-18-8-5-9-20(34(31,32)24(4)13-6-10-21(26)27)17(18)11-12-19(22)25(16)14-7-15-33(28,29)30/h5,8-9,11-12H,6-7,10,13-15H2,1-4H3,(H-,26,27,28,29,30). The summed E-state index contributed by atoms with van der Waals surface area (Å²) >= 11 is 0. The summed E-state index contributed by atoms with van der Waals surface area (Å²) in [5, 5.41) is 10.2. The van der Waals surface area contributed by atoms with Gasteiger partial charge in [0.05, 0.1) is 20.4 Å². The minimum atomic E-state index is -4.31. The maximum absolute atomic E-state index is 13.3. The normalized spacial score (nSPS) is 15.8. The molecule has 1 N–H and O–H groups in total. The van der Waals surface area contributed by atoms with Crippen LogP contribution in [0.2, 0.25) is 0 Å². The van der Waals surface area contributed by atoms with E-state index in [2.05, 4.69) is 0 Å². The van der Waals surface area contributed by atoms with E-state index in [1.807, 2.05) is 37.5 Å². The van der Waals surface area contributed by atoms with Crippen molar-refractivity contribution in [2.45, 2.75) is 50.3 Å². The van der Waals surface area contributed by atoms with Gasteiger partial charge in [0, 0.05) is 56.1 Å². The molecule has 0 amide bonds. The summed E-state index contributed by atoms with van der Waals surface area (Å²) in [5.74, 6) is -1.42. The molecule has 0 aromatic heterocycles. The Morgan fingerprint density at radius 1 is 1.09 bits per heavy atom. The smallest absolute Gasteiger partial charge is 0.303 e. The fraction of sp³-hybridized carbons (Fsp3) is 0.478. The summed E-state index contributed by atoms with van der Waals surface area (Å²) < 4.78 is 63.0. The first-order chi connectivity index (χ1) is 15.7. The first kappa shape index (κ1) is 26.3. The second kappa shape index (κ2) is 9.37. The first-order valence-electron chi connectivity index (χ1n) is 11.0. The molecule has 0 radical (unpaired) electrons. The highest BCUT2D eigenvalue weighted by Crippen LogP contribution is 2.45. The summed E-state index contributed by atoms with van der Waals surface area (Å²) in [7, 11) is -6.72. The summed E-state index contributed by atoms with van der Waals surface area (Å²) in [6.45, 7) is 6.47. The van der Waals surface area contributed by atoms with Crippen LogP contribution in [0.15, 0.2) is 35.2 Å². The van der Waals surface area contributed by atoms with Gasteiger partial charge in [0.2, 0.25) is 15.7 Å². The largest absolute Gasteiger partial charge is 0.748 e. The predicted octanol–water partition coefficient (Wildman–Crippen LogP) is 2.66. The summed E-state index contributed by atoms with van der Waals surface area (Å²) in [6.07, 6.45) is 0.280. The third kappa shape index (κ3) is 5.02. The van der Waals surface area contributed by atoms with Gasteiger partial charge in [-0.3, -0.25) is 4.79 Å². The van der Waals surface area contributed by atoms with Crippen LogP contribution in [0, 0.1) is 0 Å². The number of carboxylic acid groups (broad SMARTS) is 1. The number of aliphatic carboxylic acids is 1. The molecule has 2 aromatic carbocycles. The van der Waals surface area contributed by atoms with Crippen LogP contribution in [0.1, 0.15) is 45.6 Å². The number of hydrogen-bond acceptors (Lipinski definition) is 6. The Kier molecular flexibility index (Phi) is 7.24. The van der Waals surface area contributed by atoms with Gasteiger partial charge in [-0.2, -0.15) is 4.58 Å². The van der Waals surface area contributed by atoms with Crippen molar-refractivity contribution >= 4 is 48.3 Å². The second-order valence-electron chi connectivity index (χ2n) is 9.11. The van der Waals surface area contributed by atoms with Crippen LogP contribution in [0.3, 0.4) is 0 Å². The van der Waals surface area contributed by atoms with Crippen molar-refractivity contribution in [3.63, 3.8) is 0 Å². The SMILES string of the molecule is CC1=[N+](CCCS(=O)(=O)[O-])c2ccc3c(S(=O)(=O)N(C)CCCC(=O)O)cccc3c2C1(C)C. The minimum absolute atomic E-state index is 0.0880. The topological polar surface area (TPSA) is 135 Å². The Labute approximate surface area is 200 Å². The third-order valence-electron chi connectivity index (χ3n) is 6.55. The zero-order valence-corrected chi connectivity index (χ0v) is 21.4. The van der Waals surface area contributed by atoms with E-state index < -0.39 is 37.3 Å². The first-order valence-corrected chi connectivity index (χ1v) is 14.0. The van der Waals surface area contributed by atoms with E-state index in [4.69, 9.17) is 5.11 Å². The number of fused-ring (bicyclic) bond motifs is 3. The molecule has 0 atom stereocenters. The van der Waals surface area contributed by atoms with Crippen molar-refractivity contribution < 1.29 is 35.9 Å². The number of rotatable bonds is 10. The zero-order chi connectivity index (χ0) is 25.5. The fourth-order valence-corrected chi connectivity index (χ4v) is 6.45. The molecule has 0 saturated carbocycles. The van der Waals surface area contributed by atoms with E-state index in [1.165, 1.54) is 11.4 Å². The Hall–Kier alpha value is -2.34. The maximum atomic E-state index is 13.3. The molecule has 186 valence electrons. The molecule has 0 bridgehead atoms. The lowest BCUT2D eigenvalue weighted by Gasteiger charge is -2.20. The van der Waals surface area contributed by atoms with E-state index in [1.54, 1.807) is 18.2 Å². The van der Waals surface area contributed by atoms with Gasteiger partial charge in [-0.1, -0.05) is 12.1 Å². The van der Waals surface area contributed by atoms with Gasteiger partial charge in [-0.25, -0.2) is 21.1 Å². The molecule has 2 aromatic rings. The quantitative estimate of drug-likeness (QED) is 0.383. The van der Waals surface area contributed by atoms with Crippen LogP contribution >= 0.6 is 0 Å². The number of sulfonamides is 1. The lowest BCUT2D eigenvalue weighted by molar-refractivity contribution is -0.438. The summed E-state index contributed by atoms with van der Waals surface area (Å²) in [5.41, 5.74) is 2.35. The van der Waals surface area contributed by atoms with E-state index in [9.17, 15) is 26.2 Å². The van der Waals surface area contributed by atoms with Crippen molar-refractivity contribution in [3.05, 3.63) is 35.9 Å². The lowest BCUT2D eigenvalue weighted by atomic mass is 9.80. The number of carbonyl (C=O) groups is 1. The van der Waals surface area contributed by atoms with Gasteiger partial charge in [0.1, 0.15) is 6.54 Å². The van der Waals surface area contributed by atoms with Crippen molar-refractivity contribution in [2.24, 2.45) is 0 Å². The molecule has 11 heteroatoms.